The Morgan fingerprint density at radius 1 is 1.15 bits per heavy atom. The largest absolute Gasteiger partial charge is 0.497 e. The number of nitrogens with zero attached hydrogens (tertiary/aromatic N) is 3. The highest BCUT2D eigenvalue weighted by Gasteiger charge is 2.30. The second-order valence-electron chi connectivity index (χ2n) is 7.57. The van der Waals surface area contributed by atoms with Gasteiger partial charge in [0, 0.05) is 30.8 Å². The van der Waals surface area contributed by atoms with Gasteiger partial charge in [-0.3, -0.25) is 9.59 Å². The summed E-state index contributed by atoms with van der Waals surface area (Å²) in [7, 11) is 3.07. The number of amides is 2. The minimum absolute atomic E-state index is 0.0276. The molecule has 1 saturated heterocycles. The molecule has 4 rings (SSSR count). The van der Waals surface area contributed by atoms with Gasteiger partial charge in [-0.05, 0) is 43.2 Å². The molecule has 2 heterocycles. The molecule has 0 spiro atoms. The van der Waals surface area contributed by atoms with Crippen molar-refractivity contribution in [2.75, 3.05) is 32.6 Å². The van der Waals surface area contributed by atoms with Gasteiger partial charge in [-0.1, -0.05) is 17.4 Å². The first-order valence-corrected chi connectivity index (χ1v) is 11.2. The molecule has 0 bridgehead atoms. The van der Waals surface area contributed by atoms with Crippen LogP contribution in [0.2, 0.25) is 0 Å². The number of piperidine rings is 1. The van der Waals surface area contributed by atoms with Crippen LogP contribution in [-0.2, 0) is 0 Å². The van der Waals surface area contributed by atoms with E-state index in [4.69, 9.17) is 9.47 Å². The summed E-state index contributed by atoms with van der Waals surface area (Å²) in [5.41, 5.74) is 0.811. The second kappa shape index (κ2) is 9.95. The molecule has 1 aromatic heterocycles. The molecule has 1 atom stereocenters. The average Bonchev–Trinajstić information content (AvgIpc) is 3.34. The molecule has 1 aliphatic rings. The summed E-state index contributed by atoms with van der Waals surface area (Å²) in [6.07, 6.45) is 1.64. The Kier molecular flexibility index (Phi) is 6.83. The summed E-state index contributed by atoms with van der Waals surface area (Å²) < 4.78 is 23.9. The zero-order valence-electron chi connectivity index (χ0n) is 18.2. The van der Waals surface area contributed by atoms with Gasteiger partial charge in [0.1, 0.15) is 22.3 Å². The first-order chi connectivity index (χ1) is 16.0. The summed E-state index contributed by atoms with van der Waals surface area (Å²) in [6, 6.07) is 10.8. The number of carbonyl (C=O) groups is 2. The summed E-state index contributed by atoms with van der Waals surface area (Å²) in [4.78, 5) is 27.4. The van der Waals surface area contributed by atoms with Crippen molar-refractivity contribution in [2.45, 2.75) is 18.8 Å². The molecule has 1 fully saturated rings. The normalized spacial score (nSPS) is 15.7. The van der Waals surface area contributed by atoms with Gasteiger partial charge in [0.15, 0.2) is 0 Å². The third-order valence-corrected chi connectivity index (χ3v) is 6.50. The van der Waals surface area contributed by atoms with E-state index >= 15 is 0 Å². The number of anilines is 1. The van der Waals surface area contributed by atoms with Crippen molar-refractivity contribution in [3.05, 3.63) is 63.9 Å². The predicted octanol–water partition coefficient (Wildman–Crippen LogP) is 3.97. The van der Waals surface area contributed by atoms with Crippen molar-refractivity contribution >= 4 is 28.8 Å². The monoisotopic (exact) mass is 470 g/mol. The fraction of sp³-hybridized carbons (Fsp3) is 0.304. The molecule has 0 saturated carbocycles. The van der Waals surface area contributed by atoms with Crippen LogP contribution in [0.3, 0.4) is 0 Å². The maximum Gasteiger partial charge on any atom is 0.286 e. The molecule has 10 heteroatoms. The molecular weight excluding hydrogens is 447 g/mol. The Bertz CT molecular complexity index is 1170. The van der Waals surface area contributed by atoms with E-state index in [1.165, 1.54) is 36.6 Å². The highest BCUT2D eigenvalue weighted by atomic mass is 32.1. The summed E-state index contributed by atoms with van der Waals surface area (Å²) >= 11 is 1.19. The van der Waals surface area contributed by atoms with Gasteiger partial charge in [0.2, 0.25) is 5.01 Å². The zero-order chi connectivity index (χ0) is 23.4. The van der Waals surface area contributed by atoms with E-state index in [2.05, 4.69) is 15.5 Å². The Labute approximate surface area is 194 Å². The quantitative estimate of drug-likeness (QED) is 0.586. The summed E-state index contributed by atoms with van der Waals surface area (Å²) in [5, 5.41) is 11.7. The zero-order valence-corrected chi connectivity index (χ0v) is 19.0. The number of hydrogen-bond acceptors (Lipinski definition) is 7. The van der Waals surface area contributed by atoms with Crippen LogP contribution in [0.4, 0.5) is 10.1 Å². The highest BCUT2D eigenvalue weighted by Crippen LogP contribution is 2.32. The molecular formula is C23H23FN4O4S. The molecule has 8 nitrogen and oxygen atoms in total. The highest BCUT2D eigenvalue weighted by molar-refractivity contribution is 7.13. The Balaban J connectivity index is 1.45. The van der Waals surface area contributed by atoms with E-state index < -0.39 is 11.7 Å². The molecule has 0 radical (unpaired) electrons. The van der Waals surface area contributed by atoms with Gasteiger partial charge < -0.3 is 19.7 Å². The summed E-state index contributed by atoms with van der Waals surface area (Å²) in [6.45, 7) is 1.09. The van der Waals surface area contributed by atoms with Crippen LogP contribution >= 0.6 is 11.3 Å². The lowest BCUT2D eigenvalue weighted by atomic mass is 9.98. The standard InChI is InChI=1S/C23H23FN4O4S/c1-31-17-8-9-18(19(12-17)32-2)23(30)28-10-4-5-14(13-28)21-26-27-22(33-21)20(29)25-16-7-3-6-15(24)11-16/h3,6-9,11-12,14H,4-5,10,13H2,1-2H3,(H,25,29). The number of rotatable bonds is 6. The Hall–Kier alpha value is -3.53. The Morgan fingerprint density at radius 2 is 2.00 bits per heavy atom. The summed E-state index contributed by atoms with van der Waals surface area (Å²) in [5.74, 6) is 0.0155. The number of likely N-dealkylation sites (tertiary alicyclic amines) is 1. The number of ether oxygens (including phenoxy) is 2. The SMILES string of the molecule is COc1ccc(C(=O)N2CCCC(c3nnc(C(=O)Nc4cccc(F)c4)s3)C2)c(OC)c1. The molecule has 1 aliphatic heterocycles. The topological polar surface area (TPSA) is 93.7 Å². The molecule has 172 valence electrons. The lowest BCUT2D eigenvalue weighted by Gasteiger charge is -2.32. The minimum atomic E-state index is -0.448. The van der Waals surface area contributed by atoms with Crippen LogP contribution in [0.1, 0.15) is 43.9 Å². The van der Waals surface area contributed by atoms with Crippen molar-refractivity contribution in [1.29, 1.82) is 0 Å². The number of carbonyl (C=O) groups excluding carboxylic acids is 2. The predicted molar refractivity (Wildman–Crippen MR) is 122 cm³/mol. The molecule has 0 aliphatic carbocycles. The van der Waals surface area contributed by atoms with Crippen LogP contribution < -0.4 is 14.8 Å². The number of halogens is 1. The van der Waals surface area contributed by atoms with Crippen molar-refractivity contribution < 1.29 is 23.5 Å². The van der Waals surface area contributed by atoms with Gasteiger partial charge >= 0.3 is 0 Å². The fourth-order valence-electron chi connectivity index (χ4n) is 3.75. The van der Waals surface area contributed by atoms with Crippen molar-refractivity contribution in [1.82, 2.24) is 15.1 Å². The van der Waals surface area contributed by atoms with Crippen molar-refractivity contribution in [3.8, 4) is 11.5 Å². The van der Waals surface area contributed by atoms with Crippen LogP contribution in [0.5, 0.6) is 11.5 Å². The fourth-order valence-corrected chi connectivity index (χ4v) is 4.62. The van der Waals surface area contributed by atoms with Crippen LogP contribution in [0.15, 0.2) is 42.5 Å². The van der Waals surface area contributed by atoms with E-state index in [-0.39, 0.29) is 16.8 Å². The molecule has 33 heavy (non-hydrogen) atoms. The third kappa shape index (κ3) is 5.11. The van der Waals surface area contributed by atoms with Crippen LogP contribution in [-0.4, -0.2) is 54.2 Å². The smallest absolute Gasteiger partial charge is 0.286 e. The van der Waals surface area contributed by atoms with Gasteiger partial charge in [-0.15, -0.1) is 10.2 Å². The molecule has 1 unspecified atom stereocenters. The lowest BCUT2D eigenvalue weighted by molar-refractivity contribution is 0.0703. The van der Waals surface area contributed by atoms with Gasteiger partial charge in [-0.2, -0.15) is 0 Å². The number of nitrogens with one attached hydrogen (secondary N) is 1. The van der Waals surface area contributed by atoms with Gasteiger partial charge in [0.25, 0.3) is 11.8 Å². The van der Waals surface area contributed by atoms with E-state index in [0.29, 0.717) is 40.8 Å². The maximum absolute atomic E-state index is 13.4. The first kappa shape index (κ1) is 22.7. The maximum atomic E-state index is 13.4. The molecule has 2 amide bonds. The van der Waals surface area contributed by atoms with Crippen molar-refractivity contribution in [2.24, 2.45) is 0 Å². The Morgan fingerprint density at radius 3 is 2.76 bits per heavy atom. The number of benzene rings is 2. The van der Waals surface area contributed by atoms with E-state index in [0.717, 1.165) is 12.8 Å². The number of hydrogen-bond donors (Lipinski definition) is 1. The van der Waals surface area contributed by atoms with E-state index in [1.54, 1.807) is 36.3 Å². The number of methoxy groups -OCH3 is 2. The third-order valence-electron chi connectivity index (χ3n) is 5.41. The molecule has 3 aromatic rings. The van der Waals surface area contributed by atoms with E-state index in [9.17, 15) is 14.0 Å². The average molecular weight is 471 g/mol. The van der Waals surface area contributed by atoms with Gasteiger partial charge in [0.05, 0.1) is 19.8 Å². The van der Waals surface area contributed by atoms with Crippen LogP contribution in [0.25, 0.3) is 0 Å². The first-order valence-electron chi connectivity index (χ1n) is 10.4. The van der Waals surface area contributed by atoms with Crippen molar-refractivity contribution in [3.63, 3.8) is 0 Å². The van der Waals surface area contributed by atoms with E-state index in [1.807, 2.05) is 0 Å². The lowest BCUT2D eigenvalue weighted by Crippen LogP contribution is -2.39. The molecule has 2 aromatic carbocycles. The van der Waals surface area contributed by atoms with Crippen LogP contribution in [0, 0.1) is 5.82 Å². The second-order valence-corrected chi connectivity index (χ2v) is 8.58. The molecule has 1 N–H and O–H groups in total. The number of aromatic nitrogens is 2. The van der Waals surface area contributed by atoms with Gasteiger partial charge in [-0.25, -0.2) is 4.39 Å². The minimum Gasteiger partial charge on any atom is -0.497 e.